The largest absolute Gasteiger partial charge is 0.481 e. The highest BCUT2D eigenvalue weighted by Crippen LogP contribution is 2.26. The number of benzene rings is 1. The van der Waals surface area contributed by atoms with Crippen molar-refractivity contribution in [1.82, 2.24) is 0 Å². The number of isocyanates is 2. The fourth-order valence-corrected chi connectivity index (χ4v) is 1.73. The molecule has 10 nitrogen and oxygen atoms in total. The van der Waals surface area contributed by atoms with Crippen LogP contribution in [0.1, 0.15) is 44.1 Å². The van der Waals surface area contributed by atoms with E-state index < -0.39 is 11.9 Å². The van der Waals surface area contributed by atoms with Gasteiger partial charge in [-0.1, -0.05) is 6.07 Å². The van der Waals surface area contributed by atoms with E-state index in [0.717, 1.165) is 12.8 Å². The smallest absolute Gasteiger partial charge is 0.303 e. The van der Waals surface area contributed by atoms with Gasteiger partial charge in [0.2, 0.25) is 12.2 Å². The van der Waals surface area contributed by atoms with Crippen LogP contribution in [0.15, 0.2) is 28.2 Å². The normalized spacial score (nSPS) is 8.79. The lowest BCUT2D eigenvalue weighted by Gasteiger charge is -1.99. The predicted molar refractivity (Wildman–Crippen MR) is 104 cm³/mol. The Morgan fingerprint density at radius 1 is 0.828 bits per heavy atom. The van der Waals surface area contributed by atoms with Crippen molar-refractivity contribution in [1.29, 1.82) is 0 Å². The zero-order valence-electron chi connectivity index (χ0n) is 16.2. The second kappa shape index (κ2) is 19.6. The third-order valence-electron chi connectivity index (χ3n) is 3.21. The first kappa shape index (κ1) is 28.1. The summed E-state index contributed by atoms with van der Waals surface area (Å²) >= 11 is 0. The summed E-state index contributed by atoms with van der Waals surface area (Å²) in [5, 5.41) is 32.4. The average molecular weight is 410 g/mol. The summed E-state index contributed by atoms with van der Waals surface area (Å²) in [5.41, 5.74) is 1.59. The van der Waals surface area contributed by atoms with E-state index in [4.69, 9.17) is 20.4 Å². The van der Waals surface area contributed by atoms with Gasteiger partial charge < -0.3 is 20.4 Å². The Kier molecular flexibility index (Phi) is 19.0. The number of aliphatic hydroxyl groups is 2. The molecule has 0 unspecified atom stereocenters. The molecule has 0 aliphatic rings. The molecule has 29 heavy (non-hydrogen) atoms. The van der Waals surface area contributed by atoms with Crippen molar-refractivity contribution < 1.29 is 39.6 Å². The van der Waals surface area contributed by atoms with Gasteiger partial charge in [0.15, 0.2) is 0 Å². The number of carbonyl (C=O) groups is 2. The van der Waals surface area contributed by atoms with Gasteiger partial charge in [0.1, 0.15) is 0 Å². The first-order chi connectivity index (χ1) is 13.8. The molecule has 0 heterocycles. The summed E-state index contributed by atoms with van der Waals surface area (Å²) in [5.74, 6) is -1.74. The van der Waals surface area contributed by atoms with Gasteiger partial charge in [-0.25, -0.2) is 9.59 Å². The standard InChI is InChI=1S/C9H6N2O2.C6H10O4.C4H10O2/c1-7-8(10-5-12)3-2-4-9(7)11-6-13;7-5(8)3-1-2-4-6(9)10;5-3-1-2-4-6/h2-4H,1H3;1-4H2,(H,7,8)(H,9,10);5-6H,1-4H2. The van der Waals surface area contributed by atoms with Crippen LogP contribution in [-0.4, -0.2) is 57.7 Å². The minimum absolute atomic E-state index is 0.0628. The van der Waals surface area contributed by atoms with E-state index in [9.17, 15) is 19.2 Å². The molecule has 1 aromatic rings. The minimum atomic E-state index is -0.870. The molecule has 0 aliphatic carbocycles. The highest BCUT2D eigenvalue weighted by Gasteiger charge is 2.01. The van der Waals surface area contributed by atoms with Crippen LogP contribution in [-0.2, 0) is 19.2 Å². The first-order valence-electron chi connectivity index (χ1n) is 8.74. The Balaban J connectivity index is 0. The summed E-state index contributed by atoms with van der Waals surface area (Å²) in [4.78, 5) is 46.7. The van der Waals surface area contributed by atoms with Crippen molar-refractivity contribution in [3.63, 3.8) is 0 Å². The number of hydrogen-bond acceptors (Lipinski definition) is 8. The maximum absolute atomic E-state index is 10.00. The lowest BCUT2D eigenvalue weighted by Crippen LogP contribution is -1.97. The van der Waals surface area contributed by atoms with E-state index in [-0.39, 0.29) is 26.1 Å². The van der Waals surface area contributed by atoms with E-state index >= 15 is 0 Å². The van der Waals surface area contributed by atoms with Crippen LogP contribution in [0.4, 0.5) is 11.4 Å². The number of carboxylic acid groups (broad SMARTS) is 2. The lowest BCUT2D eigenvalue weighted by atomic mass is 10.1. The summed E-state index contributed by atoms with van der Waals surface area (Å²) in [7, 11) is 0. The van der Waals surface area contributed by atoms with Crippen LogP contribution < -0.4 is 0 Å². The zero-order valence-corrected chi connectivity index (χ0v) is 16.2. The number of carbonyl (C=O) groups excluding carboxylic acids is 2. The number of hydrogen-bond donors (Lipinski definition) is 4. The maximum Gasteiger partial charge on any atom is 0.303 e. The van der Waals surface area contributed by atoms with Crippen molar-refractivity contribution in [2.24, 2.45) is 9.98 Å². The Bertz CT molecular complexity index is 652. The fourth-order valence-electron chi connectivity index (χ4n) is 1.73. The van der Waals surface area contributed by atoms with Gasteiger partial charge in [-0.05, 0) is 44.7 Å². The van der Waals surface area contributed by atoms with Crippen LogP contribution in [0.2, 0.25) is 0 Å². The molecule has 1 rings (SSSR count). The molecule has 0 spiro atoms. The van der Waals surface area contributed by atoms with Crippen molar-refractivity contribution in [3.05, 3.63) is 23.8 Å². The number of carboxylic acids is 2. The number of aliphatic hydroxyl groups excluding tert-OH is 2. The second-order valence-corrected chi connectivity index (χ2v) is 5.48. The number of unbranched alkanes of at least 4 members (excludes halogenated alkanes) is 2. The minimum Gasteiger partial charge on any atom is -0.481 e. The monoisotopic (exact) mass is 410 g/mol. The summed E-state index contributed by atoms with van der Waals surface area (Å²) in [6.45, 7) is 2.10. The Labute approximate surface area is 168 Å². The molecular formula is C19H26N2O8. The molecule has 160 valence electrons. The van der Waals surface area contributed by atoms with Gasteiger partial charge in [-0.3, -0.25) is 9.59 Å². The first-order valence-corrected chi connectivity index (χ1v) is 8.74. The number of nitrogens with zero attached hydrogens (tertiary/aromatic N) is 2. The summed E-state index contributed by atoms with van der Waals surface area (Å²) in [6, 6.07) is 4.94. The molecule has 0 saturated carbocycles. The van der Waals surface area contributed by atoms with Crippen LogP contribution >= 0.6 is 0 Å². The maximum atomic E-state index is 10.00. The van der Waals surface area contributed by atoms with E-state index in [1.165, 1.54) is 12.2 Å². The Morgan fingerprint density at radius 2 is 1.21 bits per heavy atom. The SMILES string of the molecule is Cc1c(N=C=O)cccc1N=C=O.O=C(O)CCCCC(=O)O.OCCCCO. The highest BCUT2D eigenvalue weighted by atomic mass is 16.4. The Morgan fingerprint density at radius 3 is 1.48 bits per heavy atom. The highest BCUT2D eigenvalue weighted by molar-refractivity contribution is 5.68. The summed E-state index contributed by atoms with van der Waals surface area (Å²) < 4.78 is 0. The Hall–Kier alpha value is -3.16. The van der Waals surface area contributed by atoms with Crippen molar-refractivity contribution >= 4 is 35.5 Å². The van der Waals surface area contributed by atoms with Crippen LogP contribution in [0.5, 0.6) is 0 Å². The quantitative estimate of drug-likeness (QED) is 0.258. The topological polar surface area (TPSA) is 174 Å². The molecule has 10 heteroatoms. The van der Waals surface area contributed by atoms with Crippen molar-refractivity contribution in [3.8, 4) is 0 Å². The van der Waals surface area contributed by atoms with Crippen molar-refractivity contribution in [2.75, 3.05) is 13.2 Å². The van der Waals surface area contributed by atoms with E-state index in [0.29, 0.717) is 29.8 Å². The molecule has 0 saturated heterocycles. The summed E-state index contributed by atoms with van der Waals surface area (Å²) in [6.07, 6.45) is 5.31. The van der Waals surface area contributed by atoms with Gasteiger partial charge in [-0.15, -0.1) is 0 Å². The van der Waals surface area contributed by atoms with E-state index in [1.54, 1.807) is 25.1 Å². The lowest BCUT2D eigenvalue weighted by molar-refractivity contribution is -0.139. The van der Waals surface area contributed by atoms with Gasteiger partial charge in [0.05, 0.1) is 11.4 Å². The molecular weight excluding hydrogens is 384 g/mol. The number of aliphatic imine (C=N–C) groups is 2. The van der Waals surface area contributed by atoms with Gasteiger partial charge >= 0.3 is 11.9 Å². The van der Waals surface area contributed by atoms with Crippen LogP contribution in [0.3, 0.4) is 0 Å². The third kappa shape index (κ3) is 18.0. The molecule has 0 aromatic heterocycles. The van der Waals surface area contributed by atoms with E-state index in [2.05, 4.69) is 9.98 Å². The molecule has 0 aliphatic heterocycles. The average Bonchev–Trinajstić information content (AvgIpc) is 2.68. The van der Waals surface area contributed by atoms with Gasteiger partial charge in [0.25, 0.3) is 0 Å². The van der Waals surface area contributed by atoms with Crippen LogP contribution in [0, 0.1) is 6.92 Å². The predicted octanol–water partition coefficient (Wildman–Crippen LogP) is 2.40. The fraction of sp³-hybridized carbons (Fsp3) is 0.474. The zero-order chi connectivity index (χ0) is 22.5. The molecule has 0 radical (unpaired) electrons. The van der Waals surface area contributed by atoms with E-state index in [1.807, 2.05) is 0 Å². The molecule has 0 atom stereocenters. The van der Waals surface area contributed by atoms with Crippen molar-refractivity contribution in [2.45, 2.75) is 45.4 Å². The molecule has 1 aromatic carbocycles. The molecule has 0 bridgehead atoms. The van der Waals surface area contributed by atoms with Crippen LogP contribution in [0.25, 0.3) is 0 Å². The molecule has 0 fully saturated rings. The molecule has 0 amide bonds. The number of aliphatic carboxylic acids is 2. The van der Waals surface area contributed by atoms with Gasteiger partial charge in [-0.2, -0.15) is 9.98 Å². The molecule has 4 N–H and O–H groups in total. The second-order valence-electron chi connectivity index (χ2n) is 5.48. The number of rotatable bonds is 10. The third-order valence-corrected chi connectivity index (χ3v) is 3.21. The van der Waals surface area contributed by atoms with Gasteiger partial charge in [0, 0.05) is 31.6 Å².